The molecule has 2 aliphatic heterocycles. The molecule has 2 amide bonds. The summed E-state index contributed by atoms with van der Waals surface area (Å²) in [5.41, 5.74) is 4.40. The van der Waals surface area contributed by atoms with E-state index >= 15 is 0 Å². The third-order valence-electron chi connectivity index (χ3n) is 7.79. The minimum absolute atomic E-state index is 0.0864. The van der Waals surface area contributed by atoms with Crippen molar-refractivity contribution in [1.29, 1.82) is 0 Å². The molecule has 0 aromatic heterocycles. The average Bonchev–Trinajstić information content (AvgIpc) is 3.49. The van der Waals surface area contributed by atoms with Crippen LogP contribution < -0.4 is 9.47 Å². The largest absolute Gasteiger partial charge is 0.497 e. The number of ether oxygens (including phenoxy) is 3. The van der Waals surface area contributed by atoms with E-state index in [1.165, 1.54) is 0 Å². The Labute approximate surface area is 247 Å². The van der Waals surface area contributed by atoms with Gasteiger partial charge in [-0.1, -0.05) is 29.8 Å². The highest BCUT2D eigenvalue weighted by Crippen LogP contribution is 2.33. The Morgan fingerprint density at radius 1 is 0.905 bits per heavy atom. The lowest BCUT2D eigenvalue weighted by Gasteiger charge is -2.31. The van der Waals surface area contributed by atoms with Gasteiger partial charge in [0.2, 0.25) is 0 Å². The first kappa shape index (κ1) is 29.3. The molecule has 0 saturated carbocycles. The first-order valence-corrected chi connectivity index (χ1v) is 14.3. The molecule has 0 radical (unpaired) electrons. The lowest BCUT2D eigenvalue weighted by molar-refractivity contribution is -0.133. The Morgan fingerprint density at radius 2 is 1.52 bits per heavy atom. The third kappa shape index (κ3) is 6.98. The van der Waals surface area contributed by atoms with E-state index in [0.717, 1.165) is 41.2 Å². The van der Waals surface area contributed by atoms with Gasteiger partial charge in [-0.25, -0.2) is 5.01 Å². The van der Waals surface area contributed by atoms with E-state index in [1.54, 1.807) is 48.4 Å². The zero-order valence-electron chi connectivity index (χ0n) is 24.5. The Hall–Kier alpha value is -4.21. The predicted octanol–water partition coefficient (Wildman–Crippen LogP) is 4.16. The number of hydrogen-bond acceptors (Lipinski definition) is 7. The number of hydrogen-bond donors (Lipinski definition) is 0. The van der Waals surface area contributed by atoms with Crippen molar-refractivity contribution >= 4 is 17.5 Å². The molecule has 9 nitrogen and oxygen atoms in total. The number of nitrogens with zero attached hydrogens (tertiary/aromatic N) is 4. The van der Waals surface area contributed by atoms with Crippen molar-refractivity contribution in [2.45, 2.75) is 19.4 Å². The van der Waals surface area contributed by atoms with Gasteiger partial charge in [0.1, 0.15) is 18.0 Å². The third-order valence-corrected chi connectivity index (χ3v) is 7.79. The first-order valence-electron chi connectivity index (χ1n) is 14.3. The van der Waals surface area contributed by atoms with Gasteiger partial charge in [0.15, 0.2) is 0 Å². The zero-order valence-corrected chi connectivity index (χ0v) is 24.5. The number of carbonyl (C=O) groups is 2. The Morgan fingerprint density at radius 3 is 2.14 bits per heavy atom. The van der Waals surface area contributed by atoms with E-state index in [2.05, 4.69) is 4.90 Å². The Bertz CT molecular complexity index is 1380. The summed E-state index contributed by atoms with van der Waals surface area (Å²) in [5, 5.41) is 6.39. The second kappa shape index (κ2) is 13.6. The van der Waals surface area contributed by atoms with Crippen molar-refractivity contribution in [3.63, 3.8) is 0 Å². The molecular weight excluding hydrogens is 532 g/mol. The van der Waals surface area contributed by atoms with Crippen LogP contribution in [0, 0.1) is 6.92 Å². The maximum Gasteiger partial charge on any atom is 0.262 e. The molecule has 9 heteroatoms. The molecule has 2 aliphatic rings. The number of methoxy groups -OCH3 is 2. The normalized spacial score (nSPS) is 17.1. The standard InChI is InChI=1S/C33H38N4O5/c1-24-4-6-26(7-5-24)31-22-30(25-8-12-28(40-2)13-9-25)34-37(31)32(38)23-36(17-16-35-18-20-42-21-19-35)33(39)27-10-14-29(41-3)15-11-27/h4-15,31H,16-23H2,1-3H3/t31-/m1/s1. The second-order valence-corrected chi connectivity index (χ2v) is 10.6. The van der Waals surface area contributed by atoms with Crippen LogP contribution in [0.4, 0.5) is 0 Å². The van der Waals surface area contributed by atoms with Crippen molar-refractivity contribution in [3.8, 4) is 11.5 Å². The fraction of sp³-hybridized carbons (Fsp3) is 0.364. The highest BCUT2D eigenvalue weighted by Gasteiger charge is 2.34. The van der Waals surface area contributed by atoms with Gasteiger partial charge in [0.05, 0.1) is 39.2 Å². The number of carbonyl (C=O) groups excluding carboxylic acids is 2. The summed E-state index contributed by atoms with van der Waals surface area (Å²) in [6, 6.07) is 22.6. The van der Waals surface area contributed by atoms with E-state index in [0.29, 0.717) is 44.0 Å². The lowest BCUT2D eigenvalue weighted by Crippen LogP contribution is -2.46. The summed E-state index contributed by atoms with van der Waals surface area (Å²) in [4.78, 5) is 31.6. The number of hydrazone groups is 1. The first-order chi connectivity index (χ1) is 20.4. The Kier molecular flexibility index (Phi) is 9.51. The molecule has 2 heterocycles. The molecule has 0 spiro atoms. The number of morpholine rings is 1. The molecule has 3 aromatic rings. The van der Waals surface area contributed by atoms with Crippen LogP contribution in [0.15, 0.2) is 77.9 Å². The van der Waals surface area contributed by atoms with Crippen LogP contribution in [0.25, 0.3) is 0 Å². The minimum Gasteiger partial charge on any atom is -0.497 e. The monoisotopic (exact) mass is 570 g/mol. The van der Waals surface area contributed by atoms with Gasteiger partial charge in [0, 0.05) is 38.2 Å². The van der Waals surface area contributed by atoms with Gasteiger partial charge >= 0.3 is 0 Å². The molecule has 220 valence electrons. The highest BCUT2D eigenvalue weighted by atomic mass is 16.5. The fourth-order valence-corrected chi connectivity index (χ4v) is 5.24. The molecule has 0 aliphatic carbocycles. The van der Waals surface area contributed by atoms with Gasteiger partial charge in [-0.2, -0.15) is 5.10 Å². The van der Waals surface area contributed by atoms with E-state index < -0.39 is 0 Å². The van der Waals surface area contributed by atoms with Crippen molar-refractivity contribution < 1.29 is 23.8 Å². The van der Waals surface area contributed by atoms with Crippen LogP contribution >= 0.6 is 0 Å². The van der Waals surface area contributed by atoms with Crippen molar-refractivity contribution in [2.75, 3.05) is 60.2 Å². The topological polar surface area (TPSA) is 83.9 Å². The molecule has 3 aromatic carbocycles. The van der Waals surface area contributed by atoms with Crippen LogP contribution in [0.2, 0.25) is 0 Å². The molecule has 0 N–H and O–H groups in total. The number of aryl methyl sites for hydroxylation is 1. The van der Waals surface area contributed by atoms with E-state index in [-0.39, 0.29) is 24.4 Å². The number of benzene rings is 3. The summed E-state index contributed by atoms with van der Waals surface area (Å²) < 4.78 is 16.1. The second-order valence-electron chi connectivity index (χ2n) is 10.6. The predicted molar refractivity (Wildman–Crippen MR) is 161 cm³/mol. The summed E-state index contributed by atoms with van der Waals surface area (Å²) in [6.45, 7) is 5.95. The number of rotatable bonds is 10. The van der Waals surface area contributed by atoms with Crippen molar-refractivity contribution in [3.05, 3.63) is 95.1 Å². The molecule has 1 saturated heterocycles. The van der Waals surface area contributed by atoms with Crippen LogP contribution in [-0.4, -0.2) is 92.5 Å². The maximum absolute atomic E-state index is 14.0. The van der Waals surface area contributed by atoms with Gasteiger partial charge < -0.3 is 19.1 Å². The average molecular weight is 571 g/mol. The van der Waals surface area contributed by atoms with E-state index in [4.69, 9.17) is 19.3 Å². The molecule has 1 atom stereocenters. The molecule has 0 unspecified atom stereocenters. The minimum atomic E-state index is -0.271. The summed E-state index contributed by atoms with van der Waals surface area (Å²) >= 11 is 0. The molecule has 42 heavy (non-hydrogen) atoms. The number of amides is 2. The zero-order chi connectivity index (χ0) is 29.5. The maximum atomic E-state index is 14.0. The van der Waals surface area contributed by atoms with Crippen molar-refractivity contribution in [1.82, 2.24) is 14.8 Å². The van der Waals surface area contributed by atoms with Gasteiger partial charge in [-0.3, -0.25) is 14.5 Å². The molecule has 5 rings (SSSR count). The van der Waals surface area contributed by atoms with Crippen LogP contribution in [0.3, 0.4) is 0 Å². The summed E-state index contributed by atoms with van der Waals surface area (Å²) in [7, 11) is 3.22. The van der Waals surface area contributed by atoms with E-state index in [9.17, 15) is 9.59 Å². The Balaban J connectivity index is 1.40. The van der Waals surface area contributed by atoms with Crippen LogP contribution in [0.5, 0.6) is 11.5 Å². The fourth-order valence-electron chi connectivity index (χ4n) is 5.24. The molecule has 0 bridgehead atoms. The lowest BCUT2D eigenvalue weighted by atomic mass is 9.97. The van der Waals surface area contributed by atoms with E-state index in [1.807, 2.05) is 55.5 Å². The summed E-state index contributed by atoms with van der Waals surface area (Å²) in [5.74, 6) is 0.992. The van der Waals surface area contributed by atoms with Crippen LogP contribution in [-0.2, 0) is 9.53 Å². The highest BCUT2D eigenvalue weighted by molar-refractivity contribution is 6.04. The van der Waals surface area contributed by atoms with Crippen LogP contribution in [0.1, 0.15) is 39.5 Å². The molecular formula is C33H38N4O5. The van der Waals surface area contributed by atoms with Gasteiger partial charge in [-0.05, 0) is 66.6 Å². The van der Waals surface area contributed by atoms with Crippen molar-refractivity contribution in [2.24, 2.45) is 5.10 Å². The summed E-state index contributed by atoms with van der Waals surface area (Å²) in [6.07, 6.45) is 0.571. The SMILES string of the molecule is COc1ccc(C(=O)N(CCN2CCOCC2)CC(=O)N2N=C(c3ccc(OC)cc3)C[C@@H]2c2ccc(C)cc2)cc1. The van der Waals surface area contributed by atoms with Gasteiger partial charge in [0.25, 0.3) is 11.8 Å². The quantitative estimate of drug-likeness (QED) is 0.364. The smallest absolute Gasteiger partial charge is 0.262 e. The molecule has 1 fully saturated rings. The van der Waals surface area contributed by atoms with Gasteiger partial charge in [-0.15, -0.1) is 0 Å².